The SMILES string of the molecule is CN1CCN(c2ccc(C#N)c(Br)c2)CC1(C)C. The van der Waals surface area contributed by atoms with Gasteiger partial charge in [0.15, 0.2) is 0 Å². The molecule has 1 saturated heterocycles. The number of benzene rings is 1. The van der Waals surface area contributed by atoms with E-state index < -0.39 is 0 Å². The molecule has 18 heavy (non-hydrogen) atoms. The van der Waals surface area contributed by atoms with Gasteiger partial charge in [0.2, 0.25) is 0 Å². The van der Waals surface area contributed by atoms with Crippen molar-refractivity contribution in [3.05, 3.63) is 28.2 Å². The van der Waals surface area contributed by atoms with Gasteiger partial charge in [0.1, 0.15) is 6.07 Å². The van der Waals surface area contributed by atoms with Crippen LogP contribution in [0.4, 0.5) is 5.69 Å². The van der Waals surface area contributed by atoms with Crippen LogP contribution in [0.25, 0.3) is 0 Å². The van der Waals surface area contributed by atoms with Crippen LogP contribution in [0.3, 0.4) is 0 Å². The molecule has 0 saturated carbocycles. The van der Waals surface area contributed by atoms with Crippen molar-refractivity contribution in [2.24, 2.45) is 0 Å². The number of nitrogens with zero attached hydrogens (tertiary/aromatic N) is 3. The summed E-state index contributed by atoms with van der Waals surface area (Å²) in [5.41, 5.74) is 2.05. The molecule has 1 aromatic rings. The van der Waals surface area contributed by atoms with Gasteiger partial charge in [-0.15, -0.1) is 0 Å². The molecule has 4 heteroatoms. The summed E-state index contributed by atoms with van der Waals surface area (Å²) in [5, 5.41) is 8.94. The van der Waals surface area contributed by atoms with Crippen LogP contribution < -0.4 is 4.90 Å². The highest BCUT2D eigenvalue weighted by Gasteiger charge is 2.31. The lowest BCUT2D eigenvalue weighted by atomic mass is 9.99. The standard InChI is InChI=1S/C14H18BrN3/c1-14(2)10-18(7-6-17(14)3)12-5-4-11(9-16)13(15)8-12/h4-5,8H,6-7,10H2,1-3H3. The quantitative estimate of drug-likeness (QED) is 0.799. The minimum Gasteiger partial charge on any atom is -0.368 e. The Hall–Kier alpha value is -1.05. The summed E-state index contributed by atoms with van der Waals surface area (Å²) in [4.78, 5) is 4.77. The second kappa shape index (κ2) is 4.91. The maximum atomic E-state index is 8.94. The fourth-order valence-corrected chi connectivity index (χ4v) is 2.71. The van der Waals surface area contributed by atoms with E-state index in [4.69, 9.17) is 5.26 Å². The molecule has 1 fully saturated rings. The third-order valence-electron chi connectivity index (χ3n) is 3.75. The lowest BCUT2D eigenvalue weighted by molar-refractivity contribution is 0.139. The van der Waals surface area contributed by atoms with Gasteiger partial charge >= 0.3 is 0 Å². The summed E-state index contributed by atoms with van der Waals surface area (Å²) in [5.74, 6) is 0. The predicted molar refractivity (Wildman–Crippen MR) is 77.8 cm³/mol. The first kappa shape index (κ1) is 13.4. The molecule has 0 spiro atoms. The van der Waals surface area contributed by atoms with Gasteiger partial charge in [-0.25, -0.2) is 0 Å². The predicted octanol–water partition coefficient (Wildman–Crippen LogP) is 2.85. The number of anilines is 1. The van der Waals surface area contributed by atoms with E-state index in [0.717, 1.165) is 24.1 Å². The number of hydrogen-bond donors (Lipinski definition) is 0. The third-order valence-corrected chi connectivity index (χ3v) is 4.41. The normalized spacial score (nSPS) is 19.6. The molecule has 0 aromatic heterocycles. The summed E-state index contributed by atoms with van der Waals surface area (Å²) >= 11 is 3.45. The van der Waals surface area contributed by atoms with Crippen LogP contribution in [-0.2, 0) is 0 Å². The van der Waals surface area contributed by atoms with Crippen LogP contribution in [0.2, 0.25) is 0 Å². The van der Waals surface area contributed by atoms with E-state index in [0.29, 0.717) is 5.56 Å². The monoisotopic (exact) mass is 307 g/mol. The minimum absolute atomic E-state index is 0.179. The summed E-state index contributed by atoms with van der Waals surface area (Å²) < 4.78 is 0.874. The smallest absolute Gasteiger partial charge is 0.100 e. The molecule has 3 nitrogen and oxygen atoms in total. The van der Waals surface area contributed by atoms with Gasteiger partial charge in [0, 0.05) is 35.3 Å². The lowest BCUT2D eigenvalue weighted by Crippen LogP contribution is -2.57. The van der Waals surface area contributed by atoms with Gasteiger partial charge < -0.3 is 4.90 Å². The van der Waals surface area contributed by atoms with E-state index in [2.05, 4.69) is 52.7 Å². The zero-order valence-corrected chi connectivity index (χ0v) is 12.7. The number of halogens is 1. The Labute approximate surface area is 117 Å². The van der Waals surface area contributed by atoms with Gasteiger partial charge in [-0.2, -0.15) is 5.26 Å². The minimum atomic E-state index is 0.179. The van der Waals surface area contributed by atoms with Crippen molar-refractivity contribution in [2.45, 2.75) is 19.4 Å². The van der Waals surface area contributed by atoms with Crippen molar-refractivity contribution in [3.8, 4) is 6.07 Å². The van der Waals surface area contributed by atoms with Crippen molar-refractivity contribution in [1.29, 1.82) is 5.26 Å². The van der Waals surface area contributed by atoms with Gasteiger partial charge in [0.25, 0.3) is 0 Å². The molecule has 1 aliphatic rings. The highest BCUT2D eigenvalue weighted by atomic mass is 79.9. The number of rotatable bonds is 1. The highest BCUT2D eigenvalue weighted by molar-refractivity contribution is 9.10. The van der Waals surface area contributed by atoms with Gasteiger partial charge in [-0.1, -0.05) is 0 Å². The third kappa shape index (κ3) is 2.52. The Balaban J connectivity index is 2.23. The maximum Gasteiger partial charge on any atom is 0.100 e. The lowest BCUT2D eigenvalue weighted by Gasteiger charge is -2.46. The van der Waals surface area contributed by atoms with Gasteiger partial charge in [-0.3, -0.25) is 4.90 Å². The molecule has 0 atom stereocenters. The summed E-state index contributed by atoms with van der Waals surface area (Å²) in [6.45, 7) is 7.61. The second-order valence-electron chi connectivity index (χ2n) is 5.43. The average molecular weight is 308 g/mol. The maximum absolute atomic E-state index is 8.94. The van der Waals surface area contributed by atoms with Crippen LogP contribution in [0.15, 0.2) is 22.7 Å². The molecule has 2 rings (SSSR count). The fourth-order valence-electron chi connectivity index (χ4n) is 2.25. The molecule has 0 N–H and O–H groups in total. The zero-order valence-electron chi connectivity index (χ0n) is 11.1. The van der Waals surface area contributed by atoms with E-state index >= 15 is 0 Å². The van der Waals surface area contributed by atoms with E-state index in [9.17, 15) is 0 Å². The van der Waals surface area contributed by atoms with Gasteiger partial charge in [-0.05, 0) is 55.0 Å². The molecule has 1 aromatic carbocycles. The molecule has 1 heterocycles. The molecule has 0 aliphatic carbocycles. The van der Waals surface area contributed by atoms with Crippen molar-refractivity contribution in [1.82, 2.24) is 4.90 Å². The van der Waals surface area contributed by atoms with Crippen LogP contribution >= 0.6 is 15.9 Å². The van der Waals surface area contributed by atoms with E-state index in [1.165, 1.54) is 5.69 Å². The first-order valence-corrected chi connectivity index (χ1v) is 6.89. The first-order valence-electron chi connectivity index (χ1n) is 6.10. The van der Waals surface area contributed by atoms with Crippen molar-refractivity contribution in [2.75, 3.05) is 31.6 Å². The molecular formula is C14H18BrN3. The topological polar surface area (TPSA) is 30.3 Å². The average Bonchev–Trinajstić information content (AvgIpc) is 2.32. The number of piperazine rings is 1. The Kier molecular flexibility index (Phi) is 3.65. The molecule has 0 unspecified atom stereocenters. The second-order valence-corrected chi connectivity index (χ2v) is 6.29. The van der Waals surface area contributed by atoms with Crippen LogP contribution in [-0.4, -0.2) is 37.1 Å². The number of hydrogen-bond acceptors (Lipinski definition) is 3. The molecule has 1 aliphatic heterocycles. The van der Waals surface area contributed by atoms with Crippen LogP contribution in [0.5, 0.6) is 0 Å². The number of nitriles is 1. The summed E-state index contributed by atoms with van der Waals surface area (Å²) in [7, 11) is 2.17. The number of likely N-dealkylation sites (N-methyl/N-ethyl adjacent to an activating group) is 1. The van der Waals surface area contributed by atoms with Crippen LogP contribution in [0, 0.1) is 11.3 Å². The van der Waals surface area contributed by atoms with Crippen LogP contribution in [0.1, 0.15) is 19.4 Å². The summed E-state index contributed by atoms with van der Waals surface area (Å²) in [6, 6.07) is 8.13. The Morgan fingerprint density at radius 3 is 2.61 bits per heavy atom. The Morgan fingerprint density at radius 1 is 1.33 bits per heavy atom. The van der Waals surface area contributed by atoms with Crippen molar-refractivity contribution in [3.63, 3.8) is 0 Å². The summed E-state index contributed by atoms with van der Waals surface area (Å²) in [6.07, 6.45) is 0. The van der Waals surface area contributed by atoms with Gasteiger partial charge in [0.05, 0.1) is 5.56 Å². The molecular weight excluding hydrogens is 290 g/mol. The Morgan fingerprint density at radius 2 is 2.06 bits per heavy atom. The zero-order chi connectivity index (χ0) is 13.3. The van der Waals surface area contributed by atoms with Crippen molar-refractivity contribution < 1.29 is 0 Å². The molecule has 0 amide bonds. The first-order chi connectivity index (χ1) is 8.44. The molecule has 0 bridgehead atoms. The highest BCUT2D eigenvalue weighted by Crippen LogP contribution is 2.28. The van der Waals surface area contributed by atoms with Crippen molar-refractivity contribution >= 4 is 21.6 Å². The molecule has 96 valence electrons. The largest absolute Gasteiger partial charge is 0.368 e. The molecule has 0 radical (unpaired) electrons. The fraction of sp³-hybridized carbons (Fsp3) is 0.500. The van der Waals surface area contributed by atoms with E-state index in [1.807, 2.05) is 18.2 Å². The van der Waals surface area contributed by atoms with E-state index in [-0.39, 0.29) is 5.54 Å². The van der Waals surface area contributed by atoms with E-state index in [1.54, 1.807) is 0 Å². The Bertz CT molecular complexity index is 490.